The van der Waals surface area contributed by atoms with Crippen molar-refractivity contribution in [3.05, 3.63) is 17.2 Å². The predicted octanol–water partition coefficient (Wildman–Crippen LogP) is 3.41. The van der Waals surface area contributed by atoms with Crippen LogP contribution in [0.5, 0.6) is 0 Å². The number of nitrogens with zero attached hydrogens (tertiary/aromatic N) is 2. The summed E-state index contributed by atoms with van der Waals surface area (Å²) >= 11 is 1.49. The lowest BCUT2D eigenvalue weighted by Crippen LogP contribution is -2.30. The second-order valence-corrected chi connectivity index (χ2v) is 5.72. The van der Waals surface area contributed by atoms with Crippen LogP contribution in [-0.2, 0) is 4.79 Å². The van der Waals surface area contributed by atoms with Crippen LogP contribution in [0.2, 0.25) is 0 Å². The molecule has 0 saturated heterocycles. The highest BCUT2D eigenvalue weighted by Gasteiger charge is 2.15. The fourth-order valence-corrected chi connectivity index (χ4v) is 2.97. The van der Waals surface area contributed by atoms with Crippen LogP contribution in [0.3, 0.4) is 0 Å². The van der Waals surface area contributed by atoms with Crippen molar-refractivity contribution in [3.63, 3.8) is 0 Å². The van der Waals surface area contributed by atoms with Gasteiger partial charge in [-0.25, -0.2) is 4.98 Å². The number of amides is 1. The first-order valence-corrected chi connectivity index (χ1v) is 7.72. The zero-order valence-corrected chi connectivity index (χ0v) is 13.6. The molecule has 20 heavy (non-hydrogen) atoms. The Labute approximate surface area is 130 Å². The molecule has 0 spiro atoms. The van der Waals surface area contributed by atoms with Gasteiger partial charge in [0, 0.05) is 25.4 Å². The van der Waals surface area contributed by atoms with Crippen molar-refractivity contribution in [2.75, 3.05) is 25.0 Å². The van der Waals surface area contributed by atoms with Crippen LogP contribution in [0.25, 0.3) is 5.57 Å². The van der Waals surface area contributed by atoms with E-state index in [0.29, 0.717) is 5.13 Å². The molecule has 6 heteroatoms. The van der Waals surface area contributed by atoms with E-state index in [9.17, 15) is 4.79 Å². The molecule has 1 aliphatic rings. The monoisotopic (exact) mass is 315 g/mol. The maximum absolute atomic E-state index is 11.0. The van der Waals surface area contributed by atoms with E-state index < -0.39 is 0 Å². The van der Waals surface area contributed by atoms with E-state index in [2.05, 4.69) is 28.2 Å². The topological polar surface area (TPSA) is 45.2 Å². The summed E-state index contributed by atoms with van der Waals surface area (Å²) in [5.74, 6) is -0.0666. The molecule has 0 bridgehead atoms. The Kier molecular flexibility index (Phi) is 7.19. The molecule has 0 aliphatic carbocycles. The van der Waals surface area contributed by atoms with E-state index in [1.165, 1.54) is 36.7 Å². The summed E-state index contributed by atoms with van der Waals surface area (Å²) in [6.07, 6.45) is 5.85. The Morgan fingerprint density at radius 2 is 2.35 bits per heavy atom. The maximum atomic E-state index is 11.0. The van der Waals surface area contributed by atoms with Gasteiger partial charge in [0.15, 0.2) is 5.13 Å². The van der Waals surface area contributed by atoms with Crippen molar-refractivity contribution in [3.8, 4) is 0 Å². The van der Waals surface area contributed by atoms with Crippen molar-refractivity contribution < 1.29 is 4.79 Å². The van der Waals surface area contributed by atoms with Gasteiger partial charge in [-0.1, -0.05) is 19.4 Å². The lowest BCUT2D eigenvalue weighted by molar-refractivity contribution is -0.114. The summed E-state index contributed by atoms with van der Waals surface area (Å²) in [4.78, 5) is 18.0. The third-order valence-corrected chi connectivity index (χ3v) is 3.93. The molecule has 0 aromatic carbocycles. The summed E-state index contributed by atoms with van der Waals surface area (Å²) in [6.45, 7) is 7.01. The second kappa shape index (κ2) is 8.39. The summed E-state index contributed by atoms with van der Waals surface area (Å²) < 4.78 is 0. The number of halogens is 1. The van der Waals surface area contributed by atoms with Crippen molar-refractivity contribution in [1.29, 1.82) is 0 Å². The van der Waals surface area contributed by atoms with Crippen molar-refractivity contribution in [2.24, 2.45) is 0 Å². The number of nitrogens with one attached hydrogen (secondary N) is 1. The van der Waals surface area contributed by atoms with Crippen LogP contribution < -0.4 is 5.32 Å². The number of hydrogen-bond acceptors (Lipinski definition) is 4. The molecule has 0 unspecified atom stereocenters. The zero-order chi connectivity index (χ0) is 13.7. The molecule has 1 aliphatic heterocycles. The minimum absolute atomic E-state index is 0. The Morgan fingerprint density at radius 3 is 3.05 bits per heavy atom. The van der Waals surface area contributed by atoms with Crippen LogP contribution in [0.15, 0.2) is 11.5 Å². The minimum atomic E-state index is -0.0666. The van der Waals surface area contributed by atoms with E-state index >= 15 is 0 Å². The van der Waals surface area contributed by atoms with E-state index in [0.717, 1.165) is 31.7 Å². The molecule has 0 atom stereocenters. The lowest BCUT2D eigenvalue weighted by atomic mass is 10.1. The molecular weight excluding hydrogens is 294 g/mol. The van der Waals surface area contributed by atoms with Gasteiger partial charge in [0.1, 0.15) is 0 Å². The average Bonchev–Trinajstić information content (AvgIpc) is 2.84. The standard InChI is InChI=1S/C14H21N3OS.ClH/c1-3-4-7-17-8-5-6-12(9-17)13-10-19-14(16-13)15-11(2)18;/h6,10H,3-5,7-9H2,1-2H3,(H,15,16,18);1H. The Hall–Kier alpha value is -0.910. The Balaban J connectivity index is 0.00000200. The first kappa shape index (κ1) is 17.1. The molecule has 4 nitrogen and oxygen atoms in total. The first-order valence-electron chi connectivity index (χ1n) is 6.84. The third kappa shape index (κ3) is 4.89. The van der Waals surface area contributed by atoms with Gasteiger partial charge in [-0.3, -0.25) is 9.69 Å². The number of carbonyl (C=O) groups excluding carboxylic acids is 1. The Bertz CT molecular complexity index is 473. The van der Waals surface area contributed by atoms with E-state index in [-0.39, 0.29) is 18.3 Å². The Morgan fingerprint density at radius 1 is 1.55 bits per heavy atom. The fraction of sp³-hybridized carbons (Fsp3) is 0.571. The quantitative estimate of drug-likeness (QED) is 0.905. The molecule has 2 rings (SSSR count). The van der Waals surface area contributed by atoms with Gasteiger partial charge in [0.05, 0.1) is 5.69 Å². The number of rotatable bonds is 5. The minimum Gasteiger partial charge on any atom is -0.302 e. The SMILES string of the molecule is CCCCN1CCC=C(c2csc(NC(C)=O)n2)C1.Cl. The molecule has 1 aromatic heterocycles. The van der Waals surface area contributed by atoms with Gasteiger partial charge >= 0.3 is 0 Å². The van der Waals surface area contributed by atoms with Gasteiger partial charge < -0.3 is 5.32 Å². The molecule has 1 N–H and O–H groups in total. The molecule has 1 aromatic rings. The zero-order valence-electron chi connectivity index (χ0n) is 12.0. The van der Waals surface area contributed by atoms with Crippen LogP contribution in [0, 0.1) is 0 Å². The van der Waals surface area contributed by atoms with Crippen molar-refractivity contribution in [2.45, 2.75) is 33.1 Å². The van der Waals surface area contributed by atoms with Gasteiger partial charge in [-0.05, 0) is 25.0 Å². The van der Waals surface area contributed by atoms with Gasteiger partial charge in [-0.2, -0.15) is 0 Å². The molecule has 2 heterocycles. The fourth-order valence-electron chi connectivity index (χ4n) is 2.19. The average molecular weight is 316 g/mol. The second-order valence-electron chi connectivity index (χ2n) is 4.87. The van der Waals surface area contributed by atoms with E-state index in [1.54, 1.807) is 0 Å². The number of carbonyl (C=O) groups is 1. The normalized spacial score (nSPS) is 15.4. The van der Waals surface area contributed by atoms with Gasteiger partial charge in [-0.15, -0.1) is 23.7 Å². The third-order valence-electron chi connectivity index (χ3n) is 3.17. The molecule has 0 saturated carbocycles. The van der Waals surface area contributed by atoms with Gasteiger partial charge in [0.25, 0.3) is 0 Å². The molecular formula is C14H22ClN3OS. The molecule has 112 valence electrons. The van der Waals surface area contributed by atoms with Gasteiger partial charge in [0.2, 0.25) is 5.91 Å². The number of unbranched alkanes of at least 4 members (excludes halogenated alkanes) is 1. The van der Waals surface area contributed by atoms with E-state index in [4.69, 9.17) is 0 Å². The van der Waals surface area contributed by atoms with Crippen LogP contribution in [-0.4, -0.2) is 35.4 Å². The summed E-state index contributed by atoms with van der Waals surface area (Å²) in [7, 11) is 0. The van der Waals surface area contributed by atoms with E-state index in [1.807, 2.05) is 5.38 Å². The summed E-state index contributed by atoms with van der Waals surface area (Å²) in [5, 5.41) is 5.45. The lowest BCUT2D eigenvalue weighted by Gasteiger charge is -2.26. The van der Waals surface area contributed by atoms with Crippen molar-refractivity contribution in [1.82, 2.24) is 9.88 Å². The predicted molar refractivity (Wildman–Crippen MR) is 87.6 cm³/mol. The van der Waals surface area contributed by atoms with Crippen molar-refractivity contribution >= 4 is 40.4 Å². The van der Waals surface area contributed by atoms with Crippen LogP contribution in [0.1, 0.15) is 38.8 Å². The smallest absolute Gasteiger partial charge is 0.223 e. The summed E-state index contributed by atoms with van der Waals surface area (Å²) in [6, 6.07) is 0. The molecule has 0 radical (unpaired) electrons. The first-order chi connectivity index (χ1) is 9.19. The molecule has 1 amide bonds. The molecule has 0 fully saturated rings. The number of aromatic nitrogens is 1. The maximum Gasteiger partial charge on any atom is 0.223 e. The van der Waals surface area contributed by atoms with Crippen LogP contribution in [0.4, 0.5) is 5.13 Å². The number of hydrogen-bond donors (Lipinski definition) is 1. The highest BCUT2D eigenvalue weighted by atomic mass is 35.5. The number of thiazole rings is 1. The highest BCUT2D eigenvalue weighted by Crippen LogP contribution is 2.25. The van der Waals surface area contributed by atoms with Crippen LogP contribution >= 0.6 is 23.7 Å². The highest BCUT2D eigenvalue weighted by molar-refractivity contribution is 7.14. The number of anilines is 1. The largest absolute Gasteiger partial charge is 0.302 e. The summed E-state index contributed by atoms with van der Waals surface area (Å²) in [5.41, 5.74) is 2.30.